The fraction of sp³-hybridized carbons (Fsp3) is 0.500. The van der Waals surface area contributed by atoms with E-state index in [1.165, 1.54) is 24.8 Å². The lowest BCUT2D eigenvalue weighted by Crippen LogP contribution is -2.44. The van der Waals surface area contributed by atoms with Gasteiger partial charge in [0.2, 0.25) is 5.91 Å². The fourth-order valence-corrected chi connectivity index (χ4v) is 4.77. The van der Waals surface area contributed by atoms with Gasteiger partial charge in [-0.15, -0.1) is 15.3 Å². The fourth-order valence-electron chi connectivity index (χ4n) is 4.77. The van der Waals surface area contributed by atoms with Gasteiger partial charge < -0.3 is 10.2 Å². The highest BCUT2D eigenvalue weighted by Gasteiger charge is 2.28. The number of fused-ring (bicyclic) bond motifs is 1. The Balaban J connectivity index is 1.27. The summed E-state index contributed by atoms with van der Waals surface area (Å²) in [4.78, 5) is 15.0. The van der Waals surface area contributed by atoms with Crippen LogP contribution in [0.5, 0.6) is 0 Å². The van der Waals surface area contributed by atoms with E-state index in [1.807, 2.05) is 16.6 Å². The molecular formula is C24H30N6O. The lowest BCUT2D eigenvalue weighted by Gasteiger charge is -2.33. The molecule has 1 aliphatic carbocycles. The summed E-state index contributed by atoms with van der Waals surface area (Å²) in [5.41, 5.74) is 2.95. The highest BCUT2D eigenvalue weighted by Crippen LogP contribution is 2.25. The molecule has 3 heterocycles. The monoisotopic (exact) mass is 418 g/mol. The van der Waals surface area contributed by atoms with Crippen molar-refractivity contribution in [2.75, 3.05) is 18.0 Å². The molecule has 0 radical (unpaired) electrons. The second kappa shape index (κ2) is 8.65. The Bertz CT molecular complexity index is 1050. The maximum absolute atomic E-state index is 12.7. The molecule has 2 fully saturated rings. The zero-order valence-corrected chi connectivity index (χ0v) is 18.1. The van der Waals surface area contributed by atoms with Crippen LogP contribution in [-0.2, 0) is 4.79 Å². The van der Waals surface area contributed by atoms with Crippen molar-refractivity contribution < 1.29 is 4.79 Å². The first-order chi connectivity index (χ1) is 15.2. The van der Waals surface area contributed by atoms with Gasteiger partial charge in [0, 0.05) is 30.6 Å². The molecule has 7 heteroatoms. The molecule has 2 aliphatic rings. The van der Waals surface area contributed by atoms with Crippen LogP contribution >= 0.6 is 0 Å². The first kappa shape index (κ1) is 20.0. The van der Waals surface area contributed by atoms with Crippen LogP contribution < -0.4 is 10.2 Å². The lowest BCUT2D eigenvalue weighted by molar-refractivity contribution is -0.126. The van der Waals surface area contributed by atoms with Crippen LogP contribution in [0.1, 0.15) is 50.5 Å². The van der Waals surface area contributed by atoms with E-state index >= 15 is 0 Å². The average Bonchev–Trinajstić information content (AvgIpc) is 3.24. The van der Waals surface area contributed by atoms with Crippen molar-refractivity contribution >= 4 is 17.4 Å². The number of piperidine rings is 1. The van der Waals surface area contributed by atoms with E-state index in [9.17, 15) is 4.79 Å². The number of nitrogens with one attached hydrogen (secondary N) is 1. The minimum atomic E-state index is 0.111. The van der Waals surface area contributed by atoms with Crippen LogP contribution in [0, 0.1) is 12.8 Å². The third kappa shape index (κ3) is 4.27. The standard InChI is InChI=1S/C24H30N6O/c1-17-7-9-18(10-8-17)23-27-26-21-11-12-22(28-30(21)23)29-15-13-19(14-16-29)24(31)25-20-5-3-2-4-6-20/h7-12,19-20H,2-6,13-16H2,1H3,(H,25,31). The largest absolute Gasteiger partial charge is 0.355 e. The van der Waals surface area contributed by atoms with Gasteiger partial charge >= 0.3 is 0 Å². The molecule has 0 unspecified atom stereocenters. The number of hydrogen-bond donors (Lipinski definition) is 1. The molecule has 1 saturated heterocycles. The van der Waals surface area contributed by atoms with E-state index in [0.29, 0.717) is 6.04 Å². The molecule has 0 atom stereocenters. The van der Waals surface area contributed by atoms with E-state index in [-0.39, 0.29) is 11.8 Å². The molecule has 0 bridgehead atoms. The quantitative estimate of drug-likeness (QED) is 0.698. The molecule has 7 nitrogen and oxygen atoms in total. The Kier molecular flexibility index (Phi) is 5.57. The van der Waals surface area contributed by atoms with Gasteiger partial charge in [0.15, 0.2) is 11.5 Å². The number of aryl methyl sites for hydroxylation is 1. The van der Waals surface area contributed by atoms with Gasteiger partial charge in [-0.3, -0.25) is 4.79 Å². The number of benzene rings is 1. The summed E-state index contributed by atoms with van der Waals surface area (Å²) in [5, 5.41) is 16.8. The van der Waals surface area contributed by atoms with E-state index < -0.39 is 0 Å². The van der Waals surface area contributed by atoms with Crippen LogP contribution in [0.3, 0.4) is 0 Å². The molecule has 1 amide bonds. The van der Waals surface area contributed by atoms with Gasteiger partial charge in [-0.1, -0.05) is 49.1 Å². The van der Waals surface area contributed by atoms with Crippen molar-refractivity contribution in [2.24, 2.45) is 5.92 Å². The maximum Gasteiger partial charge on any atom is 0.223 e. The normalized spacial score (nSPS) is 18.4. The molecular weight excluding hydrogens is 388 g/mol. The average molecular weight is 419 g/mol. The number of carbonyl (C=O) groups excluding carboxylic acids is 1. The van der Waals surface area contributed by atoms with Crippen molar-refractivity contribution in [1.29, 1.82) is 0 Å². The van der Waals surface area contributed by atoms with Crippen LogP contribution in [0.25, 0.3) is 17.0 Å². The Labute approximate surface area is 182 Å². The highest BCUT2D eigenvalue weighted by molar-refractivity contribution is 5.79. The van der Waals surface area contributed by atoms with Gasteiger partial charge in [0.05, 0.1) is 0 Å². The smallest absolute Gasteiger partial charge is 0.223 e. The molecule has 1 N–H and O–H groups in total. The molecule has 1 aliphatic heterocycles. The maximum atomic E-state index is 12.7. The predicted molar refractivity (Wildman–Crippen MR) is 121 cm³/mol. The van der Waals surface area contributed by atoms with Crippen LogP contribution in [0.15, 0.2) is 36.4 Å². The first-order valence-corrected chi connectivity index (χ1v) is 11.5. The van der Waals surface area contributed by atoms with Crippen LogP contribution in [-0.4, -0.2) is 44.8 Å². The topological polar surface area (TPSA) is 75.4 Å². The van der Waals surface area contributed by atoms with Crippen molar-refractivity contribution in [3.05, 3.63) is 42.0 Å². The third-order valence-corrected chi connectivity index (χ3v) is 6.70. The number of aromatic nitrogens is 4. The third-order valence-electron chi connectivity index (χ3n) is 6.70. The van der Waals surface area contributed by atoms with Crippen LogP contribution in [0.2, 0.25) is 0 Å². The summed E-state index contributed by atoms with van der Waals surface area (Å²) in [6, 6.07) is 12.6. The van der Waals surface area contributed by atoms with Crippen molar-refractivity contribution in [3.63, 3.8) is 0 Å². The SMILES string of the molecule is Cc1ccc(-c2nnc3ccc(N4CCC(C(=O)NC5CCCCC5)CC4)nn23)cc1. The summed E-state index contributed by atoms with van der Waals surface area (Å²) >= 11 is 0. The van der Waals surface area contributed by atoms with Crippen molar-refractivity contribution in [2.45, 2.75) is 57.9 Å². The number of hydrogen-bond acceptors (Lipinski definition) is 5. The number of anilines is 1. The molecule has 5 rings (SSSR count). The number of carbonyl (C=O) groups is 1. The molecule has 2 aromatic heterocycles. The zero-order chi connectivity index (χ0) is 21.2. The molecule has 162 valence electrons. The zero-order valence-electron chi connectivity index (χ0n) is 18.1. The van der Waals surface area contributed by atoms with Gasteiger partial charge in [-0.2, -0.15) is 4.52 Å². The van der Waals surface area contributed by atoms with Crippen LogP contribution in [0.4, 0.5) is 5.82 Å². The van der Waals surface area contributed by atoms with Gasteiger partial charge in [0.1, 0.15) is 5.82 Å². The Morgan fingerprint density at radius 1 is 0.935 bits per heavy atom. The highest BCUT2D eigenvalue weighted by atomic mass is 16.1. The first-order valence-electron chi connectivity index (χ1n) is 11.5. The van der Waals surface area contributed by atoms with Gasteiger partial charge in [0.25, 0.3) is 0 Å². The van der Waals surface area contributed by atoms with Gasteiger partial charge in [-0.05, 0) is 44.7 Å². The molecule has 1 saturated carbocycles. The summed E-state index contributed by atoms with van der Waals surface area (Å²) in [7, 11) is 0. The predicted octanol–water partition coefficient (Wildman–Crippen LogP) is 3.77. The summed E-state index contributed by atoms with van der Waals surface area (Å²) < 4.78 is 1.82. The van der Waals surface area contributed by atoms with Gasteiger partial charge in [-0.25, -0.2) is 0 Å². The van der Waals surface area contributed by atoms with Crippen molar-refractivity contribution in [1.82, 2.24) is 25.1 Å². The second-order valence-corrected chi connectivity index (χ2v) is 8.96. The minimum absolute atomic E-state index is 0.111. The van der Waals surface area contributed by atoms with Crippen molar-refractivity contribution in [3.8, 4) is 11.4 Å². The number of nitrogens with zero attached hydrogens (tertiary/aromatic N) is 5. The molecule has 3 aromatic rings. The Morgan fingerprint density at radius 3 is 2.42 bits per heavy atom. The second-order valence-electron chi connectivity index (χ2n) is 8.96. The molecule has 1 aromatic carbocycles. The molecule has 31 heavy (non-hydrogen) atoms. The molecule has 0 spiro atoms. The summed E-state index contributed by atoms with van der Waals surface area (Å²) in [5.74, 6) is 2.01. The lowest BCUT2D eigenvalue weighted by atomic mass is 9.92. The number of amides is 1. The minimum Gasteiger partial charge on any atom is -0.355 e. The van der Waals surface area contributed by atoms with E-state index in [1.54, 1.807) is 0 Å². The van der Waals surface area contributed by atoms with E-state index in [0.717, 1.165) is 61.6 Å². The van der Waals surface area contributed by atoms with E-state index in [2.05, 4.69) is 51.6 Å². The number of rotatable bonds is 4. The summed E-state index contributed by atoms with van der Waals surface area (Å²) in [6.07, 6.45) is 7.79. The summed E-state index contributed by atoms with van der Waals surface area (Å²) in [6.45, 7) is 3.74. The Morgan fingerprint density at radius 2 is 1.68 bits per heavy atom. The Hall–Kier alpha value is -2.96. The van der Waals surface area contributed by atoms with E-state index in [4.69, 9.17) is 5.10 Å².